The van der Waals surface area contributed by atoms with Crippen LogP contribution in [0.1, 0.15) is 24.8 Å². The van der Waals surface area contributed by atoms with Crippen molar-refractivity contribution in [3.05, 3.63) is 29.8 Å². The number of hydrogen-bond donors (Lipinski definition) is 2. The van der Waals surface area contributed by atoms with Crippen molar-refractivity contribution in [2.24, 2.45) is 11.8 Å². The summed E-state index contributed by atoms with van der Waals surface area (Å²) in [6.45, 7) is 0.845. The molecule has 0 spiro atoms. The summed E-state index contributed by atoms with van der Waals surface area (Å²) in [5.41, 5.74) is 1.89. The van der Waals surface area contributed by atoms with Crippen molar-refractivity contribution >= 4 is 17.6 Å². The number of anilines is 1. The van der Waals surface area contributed by atoms with Gasteiger partial charge in [-0.3, -0.25) is 9.59 Å². The molecule has 114 valence electrons. The van der Waals surface area contributed by atoms with Crippen LogP contribution in [0.5, 0.6) is 0 Å². The van der Waals surface area contributed by atoms with E-state index < -0.39 is 17.8 Å². The number of carboxylic acid groups (broad SMARTS) is 1. The molecular formula is C16H22N2O3. The van der Waals surface area contributed by atoms with Crippen molar-refractivity contribution in [3.63, 3.8) is 0 Å². The lowest BCUT2D eigenvalue weighted by Crippen LogP contribution is -2.29. The van der Waals surface area contributed by atoms with Crippen LogP contribution in [0.4, 0.5) is 5.69 Å². The Balaban J connectivity index is 1.97. The fourth-order valence-corrected chi connectivity index (χ4v) is 2.86. The molecule has 1 fully saturated rings. The molecule has 0 heterocycles. The van der Waals surface area contributed by atoms with Gasteiger partial charge in [0.2, 0.25) is 5.91 Å². The zero-order valence-electron chi connectivity index (χ0n) is 12.5. The van der Waals surface area contributed by atoms with Gasteiger partial charge in [0.15, 0.2) is 0 Å². The zero-order valence-corrected chi connectivity index (χ0v) is 12.5. The van der Waals surface area contributed by atoms with Crippen molar-refractivity contribution in [2.45, 2.75) is 25.8 Å². The first-order valence-corrected chi connectivity index (χ1v) is 7.24. The van der Waals surface area contributed by atoms with Crippen molar-refractivity contribution in [3.8, 4) is 0 Å². The maximum absolute atomic E-state index is 12.2. The Kier molecular flexibility index (Phi) is 4.96. The number of aliphatic carboxylic acids is 1. The van der Waals surface area contributed by atoms with Gasteiger partial charge in [0.25, 0.3) is 0 Å². The summed E-state index contributed by atoms with van der Waals surface area (Å²) in [5.74, 6) is -2.00. The second-order valence-corrected chi connectivity index (χ2v) is 5.91. The molecule has 1 saturated carbocycles. The van der Waals surface area contributed by atoms with Gasteiger partial charge in [-0.25, -0.2) is 0 Å². The number of nitrogens with one attached hydrogen (secondary N) is 1. The minimum atomic E-state index is -0.867. The van der Waals surface area contributed by atoms with Gasteiger partial charge in [0.1, 0.15) is 0 Å². The summed E-state index contributed by atoms with van der Waals surface area (Å²) < 4.78 is 0. The fraction of sp³-hybridized carbons (Fsp3) is 0.500. The minimum absolute atomic E-state index is 0.180. The quantitative estimate of drug-likeness (QED) is 0.872. The number of hydrogen-bond acceptors (Lipinski definition) is 3. The van der Waals surface area contributed by atoms with E-state index in [1.54, 1.807) is 0 Å². The van der Waals surface area contributed by atoms with Gasteiger partial charge < -0.3 is 15.3 Å². The first-order chi connectivity index (χ1) is 9.97. The van der Waals surface area contributed by atoms with Crippen molar-refractivity contribution in [1.82, 2.24) is 4.90 Å². The van der Waals surface area contributed by atoms with Gasteiger partial charge >= 0.3 is 5.97 Å². The first-order valence-electron chi connectivity index (χ1n) is 7.24. The van der Waals surface area contributed by atoms with E-state index >= 15 is 0 Å². The van der Waals surface area contributed by atoms with Crippen LogP contribution >= 0.6 is 0 Å². The molecule has 1 aromatic carbocycles. The van der Waals surface area contributed by atoms with Crippen LogP contribution in [0.2, 0.25) is 0 Å². The highest BCUT2D eigenvalue weighted by Gasteiger charge is 2.37. The summed E-state index contributed by atoms with van der Waals surface area (Å²) in [6, 6.07) is 7.67. The molecule has 1 aliphatic rings. The van der Waals surface area contributed by atoms with Crippen molar-refractivity contribution < 1.29 is 14.7 Å². The van der Waals surface area contributed by atoms with Crippen molar-refractivity contribution in [2.75, 3.05) is 19.4 Å². The van der Waals surface area contributed by atoms with E-state index in [9.17, 15) is 9.59 Å². The first kappa shape index (κ1) is 15.5. The Labute approximate surface area is 125 Å². The average Bonchev–Trinajstić information content (AvgIpc) is 2.90. The SMILES string of the molecule is CN(C)Cc1ccc(NC(=O)[C@@H]2CCC[C@@H]2C(=O)O)cc1. The molecule has 1 aromatic rings. The third-order valence-electron chi connectivity index (χ3n) is 3.89. The van der Waals surface area contributed by atoms with Crippen LogP contribution in [-0.4, -0.2) is 36.0 Å². The van der Waals surface area contributed by atoms with Gasteiger partial charge in [-0.15, -0.1) is 0 Å². The Morgan fingerprint density at radius 2 is 1.81 bits per heavy atom. The topological polar surface area (TPSA) is 69.6 Å². The lowest BCUT2D eigenvalue weighted by Gasteiger charge is -2.16. The van der Waals surface area contributed by atoms with Crippen LogP contribution in [0.25, 0.3) is 0 Å². The molecule has 0 aromatic heterocycles. The monoisotopic (exact) mass is 290 g/mol. The molecule has 2 rings (SSSR count). The molecule has 5 nitrogen and oxygen atoms in total. The van der Waals surface area contributed by atoms with E-state index in [-0.39, 0.29) is 5.91 Å². The molecule has 0 saturated heterocycles. The van der Waals surface area contributed by atoms with E-state index in [1.807, 2.05) is 38.4 Å². The van der Waals surface area contributed by atoms with E-state index in [2.05, 4.69) is 10.2 Å². The molecule has 1 aliphatic carbocycles. The maximum Gasteiger partial charge on any atom is 0.307 e. The Bertz CT molecular complexity index is 511. The second-order valence-electron chi connectivity index (χ2n) is 5.91. The lowest BCUT2D eigenvalue weighted by molar-refractivity contribution is -0.145. The van der Waals surface area contributed by atoms with Crippen LogP contribution < -0.4 is 5.32 Å². The summed E-state index contributed by atoms with van der Waals surface area (Å²) in [7, 11) is 4.00. The number of benzene rings is 1. The molecule has 1 amide bonds. The summed E-state index contributed by atoms with van der Waals surface area (Å²) in [4.78, 5) is 25.4. The fourth-order valence-electron chi connectivity index (χ4n) is 2.86. The zero-order chi connectivity index (χ0) is 15.4. The van der Waals surface area contributed by atoms with Gasteiger partial charge in [-0.05, 0) is 44.6 Å². The molecule has 0 bridgehead atoms. The van der Waals surface area contributed by atoms with Gasteiger partial charge in [-0.1, -0.05) is 18.6 Å². The molecule has 21 heavy (non-hydrogen) atoms. The number of carbonyl (C=O) groups excluding carboxylic acids is 1. The van der Waals surface area contributed by atoms with Crippen LogP contribution in [-0.2, 0) is 16.1 Å². The molecule has 2 N–H and O–H groups in total. The highest BCUT2D eigenvalue weighted by Crippen LogP contribution is 2.32. The number of carboxylic acids is 1. The molecular weight excluding hydrogens is 268 g/mol. The highest BCUT2D eigenvalue weighted by atomic mass is 16.4. The summed E-state index contributed by atoms with van der Waals surface area (Å²) in [6.07, 6.45) is 2.05. The highest BCUT2D eigenvalue weighted by molar-refractivity contribution is 5.95. The van der Waals surface area contributed by atoms with E-state index in [4.69, 9.17) is 5.11 Å². The Morgan fingerprint density at radius 1 is 1.19 bits per heavy atom. The third kappa shape index (κ3) is 4.04. The second kappa shape index (κ2) is 6.72. The largest absolute Gasteiger partial charge is 0.481 e. The molecule has 2 atom stereocenters. The predicted molar refractivity (Wildman–Crippen MR) is 80.9 cm³/mol. The molecule has 0 unspecified atom stereocenters. The molecule has 0 radical (unpaired) electrons. The summed E-state index contributed by atoms with van der Waals surface area (Å²) >= 11 is 0. The van der Waals surface area contributed by atoms with E-state index in [1.165, 1.54) is 5.56 Å². The molecule has 0 aliphatic heterocycles. The summed E-state index contributed by atoms with van der Waals surface area (Å²) in [5, 5.41) is 12.0. The van der Waals surface area contributed by atoms with Gasteiger partial charge in [-0.2, -0.15) is 0 Å². The van der Waals surface area contributed by atoms with E-state index in [0.717, 1.165) is 18.7 Å². The minimum Gasteiger partial charge on any atom is -0.481 e. The van der Waals surface area contributed by atoms with Crippen LogP contribution in [0.15, 0.2) is 24.3 Å². The van der Waals surface area contributed by atoms with Crippen molar-refractivity contribution in [1.29, 1.82) is 0 Å². The number of amides is 1. The average molecular weight is 290 g/mol. The third-order valence-corrected chi connectivity index (χ3v) is 3.89. The number of nitrogens with zero attached hydrogens (tertiary/aromatic N) is 1. The maximum atomic E-state index is 12.2. The predicted octanol–water partition coefficient (Wildman–Crippen LogP) is 2.19. The van der Waals surface area contributed by atoms with Crippen LogP contribution in [0.3, 0.4) is 0 Å². The van der Waals surface area contributed by atoms with Gasteiger partial charge in [0.05, 0.1) is 11.8 Å². The van der Waals surface area contributed by atoms with Gasteiger partial charge in [0, 0.05) is 12.2 Å². The Hall–Kier alpha value is -1.88. The standard InChI is InChI=1S/C16H22N2O3/c1-18(2)10-11-6-8-12(9-7-11)17-15(19)13-4-3-5-14(13)16(20)21/h6-9,13-14H,3-5,10H2,1-2H3,(H,17,19)(H,20,21)/t13-,14+/m1/s1. The Morgan fingerprint density at radius 3 is 2.38 bits per heavy atom. The molecule has 5 heteroatoms. The smallest absolute Gasteiger partial charge is 0.307 e. The number of carbonyl (C=O) groups is 2. The number of rotatable bonds is 5. The lowest BCUT2D eigenvalue weighted by atomic mass is 9.95. The van der Waals surface area contributed by atoms with Crippen LogP contribution in [0, 0.1) is 11.8 Å². The van der Waals surface area contributed by atoms with E-state index in [0.29, 0.717) is 12.8 Å². The normalized spacial score (nSPS) is 21.5.